The van der Waals surface area contributed by atoms with E-state index in [1.165, 1.54) is 20.0 Å². The summed E-state index contributed by atoms with van der Waals surface area (Å²) in [5.74, 6) is -0.211. The van der Waals surface area contributed by atoms with Gasteiger partial charge in [0.25, 0.3) is 0 Å². The normalized spacial score (nSPS) is 18.7. The van der Waals surface area contributed by atoms with E-state index in [0.717, 1.165) is 25.2 Å². The van der Waals surface area contributed by atoms with Gasteiger partial charge in [0.1, 0.15) is 0 Å². The van der Waals surface area contributed by atoms with Crippen LogP contribution in [0.2, 0.25) is 0 Å². The van der Waals surface area contributed by atoms with Crippen LogP contribution in [0.4, 0.5) is 0 Å². The summed E-state index contributed by atoms with van der Waals surface area (Å²) in [4.78, 5) is 14.8. The Morgan fingerprint density at radius 1 is 1.30 bits per heavy atom. The van der Waals surface area contributed by atoms with Crippen molar-refractivity contribution in [2.24, 2.45) is 0 Å². The van der Waals surface area contributed by atoms with Crippen molar-refractivity contribution in [2.45, 2.75) is 25.3 Å². The molecule has 1 atom stereocenters. The van der Waals surface area contributed by atoms with Crippen LogP contribution in [0, 0.1) is 0 Å². The van der Waals surface area contributed by atoms with E-state index < -0.39 is 5.54 Å². The van der Waals surface area contributed by atoms with E-state index in [-0.39, 0.29) is 5.97 Å². The summed E-state index contributed by atoms with van der Waals surface area (Å²) in [5, 5.41) is 3.37. The fraction of sp³-hybridized carbons (Fsp3) is 0.562. The van der Waals surface area contributed by atoms with Gasteiger partial charge >= 0.3 is 5.97 Å². The van der Waals surface area contributed by atoms with Gasteiger partial charge in [-0.3, -0.25) is 5.32 Å². The van der Waals surface area contributed by atoms with Crippen molar-refractivity contribution in [3.63, 3.8) is 0 Å². The highest BCUT2D eigenvalue weighted by molar-refractivity contribution is 5.83. The molecule has 1 aromatic rings. The molecular weight excluding hydrogens is 252 g/mol. The van der Waals surface area contributed by atoms with E-state index in [1.54, 1.807) is 0 Å². The lowest BCUT2D eigenvalue weighted by molar-refractivity contribution is -0.150. The van der Waals surface area contributed by atoms with Gasteiger partial charge < -0.3 is 9.64 Å². The second-order valence-electron chi connectivity index (χ2n) is 5.28. The minimum atomic E-state index is -0.769. The summed E-state index contributed by atoms with van der Waals surface area (Å²) in [6.07, 6.45) is 2.41. The predicted octanol–water partition coefficient (Wildman–Crippen LogP) is 1.76. The van der Waals surface area contributed by atoms with E-state index in [0.29, 0.717) is 6.54 Å². The molecule has 1 unspecified atom stereocenters. The summed E-state index contributed by atoms with van der Waals surface area (Å²) in [7, 11) is 1.46. The zero-order chi connectivity index (χ0) is 14.4. The molecule has 1 aliphatic rings. The van der Waals surface area contributed by atoms with Crippen LogP contribution in [0.5, 0.6) is 0 Å². The lowest BCUT2D eigenvalue weighted by Crippen LogP contribution is -2.56. The highest BCUT2D eigenvalue weighted by Gasteiger charge is 2.42. The molecule has 110 valence electrons. The molecule has 0 aromatic heterocycles. The SMILES string of the molecule is CCNC(CN1CCCC1)(C(=O)OC)c1ccccc1. The van der Waals surface area contributed by atoms with Gasteiger partial charge in [0.15, 0.2) is 5.54 Å². The van der Waals surface area contributed by atoms with Gasteiger partial charge in [0.2, 0.25) is 0 Å². The smallest absolute Gasteiger partial charge is 0.332 e. The molecule has 20 heavy (non-hydrogen) atoms. The van der Waals surface area contributed by atoms with Gasteiger partial charge in [-0.05, 0) is 38.0 Å². The summed E-state index contributed by atoms with van der Waals surface area (Å²) in [5.41, 5.74) is 0.204. The van der Waals surface area contributed by atoms with E-state index in [2.05, 4.69) is 10.2 Å². The van der Waals surface area contributed by atoms with Crippen LogP contribution in [-0.2, 0) is 15.1 Å². The Morgan fingerprint density at radius 3 is 2.50 bits per heavy atom. The number of benzene rings is 1. The molecule has 0 amide bonds. The number of likely N-dealkylation sites (tertiary alicyclic amines) is 1. The molecule has 1 saturated heterocycles. The number of nitrogens with one attached hydrogen (secondary N) is 1. The molecule has 0 aliphatic carbocycles. The summed E-state index contributed by atoms with van der Waals surface area (Å²) < 4.78 is 5.10. The summed E-state index contributed by atoms with van der Waals surface area (Å²) in [6, 6.07) is 9.89. The summed E-state index contributed by atoms with van der Waals surface area (Å²) in [6.45, 7) is 5.51. The van der Waals surface area contributed by atoms with Crippen LogP contribution in [0.3, 0.4) is 0 Å². The zero-order valence-electron chi connectivity index (χ0n) is 12.4. The first-order chi connectivity index (χ1) is 9.73. The fourth-order valence-corrected chi connectivity index (χ4v) is 2.98. The molecule has 1 heterocycles. The molecule has 4 heteroatoms. The van der Waals surface area contributed by atoms with Crippen molar-refractivity contribution in [1.82, 2.24) is 10.2 Å². The third-order valence-electron chi connectivity index (χ3n) is 3.94. The standard InChI is InChI=1S/C16H24N2O2/c1-3-17-16(15(19)20-2,13-18-11-7-8-12-18)14-9-5-4-6-10-14/h4-6,9-10,17H,3,7-8,11-13H2,1-2H3. The monoisotopic (exact) mass is 276 g/mol. The Balaban J connectivity index is 2.35. The lowest BCUT2D eigenvalue weighted by atomic mass is 9.89. The first-order valence-electron chi connectivity index (χ1n) is 7.34. The highest BCUT2D eigenvalue weighted by atomic mass is 16.5. The molecule has 0 spiro atoms. The minimum Gasteiger partial charge on any atom is -0.467 e. The summed E-state index contributed by atoms with van der Waals surface area (Å²) >= 11 is 0. The maximum Gasteiger partial charge on any atom is 0.332 e. The molecule has 1 aromatic carbocycles. The average Bonchev–Trinajstić information content (AvgIpc) is 2.99. The van der Waals surface area contributed by atoms with Crippen molar-refractivity contribution < 1.29 is 9.53 Å². The number of hydrogen-bond acceptors (Lipinski definition) is 4. The number of methoxy groups -OCH3 is 1. The van der Waals surface area contributed by atoms with E-state index in [4.69, 9.17) is 4.74 Å². The highest BCUT2D eigenvalue weighted by Crippen LogP contribution is 2.26. The Kier molecular flexibility index (Phi) is 5.15. The predicted molar refractivity (Wildman–Crippen MR) is 79.5 cm³/mol. The third-order valence-corrected chi connectivity index (χ3v) is 3.94. The van der Waals surface area contributed by atoms with Gasteiger partial charge in [-0.15, -0.1) is 0 Å². The molecule has 0 radical (unpaired) electrons. The van der Waals surface area contributed by atoms with Crippen molar-refractivity contribution >= 4 is 5.97 Å². The number of likely N-dealkylation sites (N-methyl/N-ethyl adjacent to an activating group) is 1. The van der Waals surface area contributed by atoms with E-state index >= 15 is 0 Å². The van der Waals surface area contributed by atoms with Crippen LogP contribution in [0.25, 0.3) is 0 Å². The number of hydrogen-bond donors (Lipinski definition) is 1. The van der Waals surface area contributed by atoms with Crippen LogP contribution >= 0.6 is 0 Å². The Bertz CT molecular complexity index is 429. The quantitative estimate of drug-likeness (QED) is 0.804. The number of carbonyl (C=O) groups is 1. The first kappa shape index (κ1) is 15.0. The molecule has 0 saturated carbocycles. The number of carbonyl (C=O) groups excluding carboxylic acids is 1. The Morgan fingerprint density at radius 2 is 1.95 bits per heavy atom. The molecule has 2 rings (SSSR count). The van der Waals surface area contributed by atoms with Gasteiger partial charge in [-0.2, -0.15) is 0 Å². The van der Waals surface area contributed by atoms with Gasteiger partial charge in [-0.1, -0.05) is 37.3 Å². The second-order valence-corrected chi connectivity index (χ2v) is 5.28. The van der Waals surface area contributed by atoms with E-state index in [9.17, 15) is 4.79 Å². The minimum absolute atomic E-state index is 0.211. The molecule has 1 aliphatic heterocycles. The zero-order valence-corrected chi connectivity index (χ0v) is 12.4. The molecule has 4 nitrogen and oxygen atoms in total. The van der Waals surface area contributed by atoms with Crippen LogP contribution in [-0.4, -0.2) is 44.2 Å². The second kappa shape index (κ2) is 6.86. The fourth-order valence-electron chi connectivity index (χ4n) is 2.98. The van der Waals surface area contributed by atoms with Gasteiger partial charge in [0, 0.05) is 6.54 Å². The third kappa shape index (κ3) is 3.02. The van der Waals surface area contributed by atoms with Gasteiger partial charge in [0.05, 0.1) is 7.11 Å². The maximum atomic E-state index is 12.5. The first-order valence-corrected chi connectivity index (χ1v) is 7.34. The van der Waals surface area contributed by atoms with Crippen molar-refractivity contribution in [3.05, 3.63) is 35.9 Å². The molecule has 0 bridgehead atoms. The Hall–Kier alpha value is -1.39. The van der Waals surface area contributed by atoms with E-state index in [1.807, 2.05) is 37.3 Å². The number of rotatable bonds is 6. The van der Waals surface area contributed by atoms with Crippen molar-refractivity contribution in [2.75, 3.05) is 33.3 Å². The molecule has 1 N–H and O–H groups in total. The van der Waals surface area contributed by atoms with Crippen LogP contribution in [0.15, 0.2) is 30.3 Å². The topological polar surface area (TPSA) is 41.6 Å². The largest absolute Gasteiger partial charge is 0.467 e. The molecular formula is C16H24N2O2. The van der Waals surface area contributed by atoms with Gasteiger partial charge in [-0.25, -0.2) is 4.79 Å². The number of nitrogens with zero attached hydrogens (tertiary/aromatic N) is 1. The average molecular weight is 276 g/mol. The molecule has 1 fully saturated rings. The number of ether oxygens (including phenoxy) is 1. The maximum absolute atomic E-state index is 12.5. The number of esters is 1. The lowest BCUT2D eigenvalue weighted by Gasteiger charge is -2.35. The van der Waals surface area contributed by atoms with Crippen molar-refractivity contribution in [3.8, 4) is 0 Å². The van der Waals surface area contributed by atoms with Crippen molar-refractivity contribution in [1.29, 1.82) is 0 Å². The van der Waals surface area contributed by atoms with Crippen LogP contribution < -0.4 is 5.32 Å². The van der Waals surface area contributed by atoms with Crippen LogP contribution in [0.1, 0.15) is 25.3 Å². The Labute approximate surface area is 121 Å².